The van der Waals surface area contributed by atoms with Crippen LogP contribution in [0, 0.1) is 6.92 Å². The number of hydrogen-bond donors (Lipinski definition) is 2. The fourth-order valence-corrected chi connectivity index (χ4v) is 5.65. The van der Waals surface area contributed by atoms with Crippen molar-refractivity contribution in [3.05, 3.63) is 58.5 Å². The highest BCUT2D eigenvalue weighted by molar-refractivity contribution is 8.26. The fraction of sp³-hybridized carbons (Fsp3) is 0.320. The van der Waals surface area contributed by atoms with Gasteiger partial charge < -0.3 is 9.47 Å². The van der Waals surface area contributed by atoms with Crippen molar-refractivity contribution >= 4 is 56.2 Å². The first-order chi connectivity index (χ1) is 17.6. The molecule has 37 heavy (non-hydrogen) atoms. The first-order valence-corrected chi connectivity index (χ1v) is 14.2. The summed E-state index contributed by atoms with van der Waals surface area (Å²) in [7, 11) is -0.719. The van der Waals surface area contributed by atoms with Crippen LogP contribution in [0.3, 0.4) is 0 Å². The second-order valence-corrected chi connectivity index (χ2v) is 11.6. The van der Waals surface area contributed by atoms with E-state index in [2.05, 4.69) is 10.3 Å². The third kappa shape index (κ3) is 7.78. The van der Waals surface area contributed by atoms with Gasteiger partial charge in [-0.15, -0.1) is 4.83 Å². The molecule has 9 nitrogen and oxygen atoms in total. The van der Waals surface area contributed by atoms with Crippen LogP contribution in [0.25, 0.3) is 6.08 Å². The zero-order valence-electron chi connectivity index (χ0n) is 20.8. The minimum absolute atomic E-state index is 0.0714. The van der Waals surface area contributed by atoms with Gasteiger partial charge in [-0.1, -0.05) is 54.2 Å². The van der Waals surface area contributed by atoms with Gasteiger partial charge in [-0.2, -0.15) is 0 Å². The lowest BCUT2D eigenvalue weighted by atomic mass is 10.1. The summed E-state index contributed by atoms with van der Waals surface area (Å²) in [6.07, 6.45) is 3.77. The zero-order valence-corrected chi connectivity index (χ0v) is 23.2. The van der Waals surface area contributed by atoms with Crippen molar-refractivity contribution in [1.82, 2.24) is 15.2 Å². The first-order valence-electron chi connectivity index (χ1n) is 11.5. The van der Waals surface area contributed by atoms with E-state index in [0.717, 1.165) is 11.1 Å². The molecule has 0 spiro atoms. The van der Waals surface area contributed by atoms with E-state index in [9.17, 15) is 18.0 Å². The molecule has 2 amide bonds. The van der Waals surface area contributed by atoms with E-state index >= 15 is 0 Å². The molecule has 2 aromatic rings. The van der Waals surface area contributed by atoms with Gasteiger partial charge in [0.15, 0.2) is 11.5 Å². The number of unbranched alkanes of at least 4 members (excludes halogenated alkanes) is 2. The Hall–Kier alpha value is -2.93. The molecule has 0 aliphatic carbocycles. The lowest BCUT2D eigenvalue weighted by Crippen LogP contribution is -2.41. The van der Waals surface area contributed by atoms with Gasteiger partial charge in [-0.25, -0.2) is 8.42 Å². The molecule has 3 rings (SSSR count). The molecule has 0 saturated carbocycles. The Balaban J connectivity index is 1.42. The standard InChI is InChI=1S/C25H29N3O6S3/c1-17-8-11-19(12-9-17)37(31,32)27-26-23(29)7-5-4-6-14-28-24(30)22(36-25(28)35)16-18-10-13-20(33-2)21(15-18)34-3/h8-13,15-16,27H,4-7,14H2,1-3H3,(H,26,29)/b22-16-. The van der Waals surface area contributed by atoms with E-state index in [4.69, 9.17) is 21.7 Å². The molecular formula is C25H29N3O6S3. The summed E-state index contributed by atoms with van der Waals surface area (Å²) in [5, 5.41) is 0. The number of hydrazine groups is 1. The molecule has 2 N–H and O–H groups in total. The lowest BCUT2D eigenvalue weighted by Gasteiger charge is -2.14. The maximum Gasteiger partial charge on any atom is 0.266 e. The largest absolute Gasteiger partial charge is 0.493 e. The molecule has 1 aliphatic heterocycles. The molecule has 1 saturated heterocycles. The van der Waals surface area contributed by atoms with Crippen LogP contribution in [-0.2, 0) is 19.6 Å². The predicted octanol–water partition coefficient (Wildman–Crippen LogP) is 3.78. The maximum atomic E-state index is 12.8. The Bertz CT molecular complexity index is 1290. The molecule has 0 bridgehead atoms. The van der Waals surface area contributed by atoms with Crippen LogP contribution >= 0.6 is 24.0 Å². The average molecular weight is 564 g/mol. The van der Waals surface area contributed by atoms with Gasteiger partial charge in [0.05, 0.1) is 24.0 Å². The number of nitrogens with one attached hydrogen (secondary N) is 2. The molecule has 1 fully saturated rings. The monoisotopic (exact) mass is 563 g/mol. The second kappa shape index (κ2) is 13.0. The Morgan fingerprint density at radius 1 is 1.05 bits per heavy atom. The number of methoxy groups -OCH3 is 2. The van der Waals surface area contributed by atoms with E-state index in [1.165, 1.54) is 23.9 Å². The lowest BCUT2D eigenvalue weighted by molar-refractivity contribution is -0.123. The smallest absolute Gasteiger partial charge is 0.266 e. The molecular weight excluding hydrogens is 534 g/mol. The van der Waals surface area contributed by atoms with Crippen molar-refractivity contribution < 1.29 is 27.5 Å². The van der Waals surface area contributed by atoms with Gasteiger partial charge in [0.25, 0.3) is 15.9 Å². The minimum atomic E-state index is -3.83. The van der Waals surface area contributed by atoms with Crippen LogP contribution in [-0.4, -0.2) is 50.2 Å². The number of thiocarbonyl (C=S) groups is 1. The molecule has 2 aromatic carbocycles. The maximum absolute atomic E-state index is 12.8. The van der Waals surface area contributed by atoms with E-state index < -0.39 is 15.9 Å². The van der Waals surface area contributed by atoms with Crippen LogP contribution in [0.5, 0.6) is 11.5 Å². The molecule has 0 aromatic heterocycles. The van der Waals surface area contributed by atoms with Crippen molar-refractivity contribution in [3.63, 3.8) is 0 Å². The van der Waals surface area contributed by atoms with Crippen LogP contribution < -0.4 is 19.7 Å². The van der Waals surface area contributed by atoms with Crippen LogP contribution in [0.4, 0.5) is 0 Å². The van der Waals surface area contributed by atoms with E-state index in [1.54, 1.807) is 49.5 Å². The fourth-order valence-electron chi connectivity index (χ4n) is 3.48. The summed E-state index contributed by atoms with van der Waals surface area (Å²) >= 11 is 6.63. The Kier molecular flexibility index (Phi) is 10.1. The normalized spacial score (nSPS) is 14.8. The quantitative estimate of drug-likeness (QED) is 0.174. The van der Waals surface area contributed by atoms with Crippen LogP contribution in [0.1, 0.15) is 36.8 Å². The number of rotatable bonds is 12. The Morgan fingerprint density at radius 3 is 2.43 bits per heavy atom. The molecule has 1 aliphatic rings. The number of hydrogen-bond acceptors (Lipinski definition) is 8. The van der Waals surface area contributed by atoms with Gasteiger partial charge in [0.2, 0.25) is 5.91 Å². The number of nitrogens with zero attached hydrogens (tertiary/aromatic N) is 1. The van der Waals surface area contributed by atoms with E-state index in [1.807, 2.05) is 13.0 Å². The van der Waals surface area contributed by atoms with Gasteiger partial charge >= 0.3 is 0 Å². The summed E-state index contributed by atoms with van der Waals surface area (Å²) in [6, 6.07) is 11.7. The average Bonchev–Trinajstić information content (AvgIpc) is 3.14. The highest BCUT2D eigenvalue weighted by Gasteiger charge is 2.31. The number of carbonyl (C=O) groups is 2. The van der Waals surface area contributed by atoms with Gasteiger partial charge in [0, 0.05) is 13.0 Å². The summed E-state index contributed by atoms with van der Waals surface area (Å²) in [5.74, 6) is 0.579. The zero-order chi connectivity index (χ0) is 27.0. The molecule has 0 radical (unpaired) electrons. The molecule has 12 heteroatoms. The van der Waals surface area contributed by atoms with E-state index in [-0.39, 0.29) is 17.2 Å². The number of amides is 2. The van der Waals surface area contributed by atoms with E-state index in [0.29, 0.717) is 46.5 Å². The highest BCUT2D eigenvalue weighted by atomic mass is 32.2. The Morgan fingerprint density at radius 2 is 1.76 bits per heavy atom. The summed E-state index contributed by atoms with van der Waals surface area (Å²) in [4.78, 5) is 29.2. The minimum Gasteiger partial charge on any atom is -0.493 e. The summed E-state index contributed by atoms with van der Waals surface area (Å²) in [6.45, 7) is 2.29. The van der Waals surface area contributed by atoms with Crippen LogP contribution in [0.2, 0.25) is 0 Å². The number of thioether (sulfide) groups is 1. The van der Waals surface area contributed by atoms with Gasteiger partial charge in [-0.3, -0.25) is 19.9 Å². The third-order valence-corrected chi connectivity index (χ3v) is 8.16. The number of aryl methyl sites for hydroxylation is 1. The predicted molar refractivity (Wildman–Crippen MR) is 148 cm³/mol. The molecule has 198 valence electrons. The SMILES string of the molecule is COc1ccc(/C=C2\SC(=S)N(CCCCCC(=O)NNS(=O)(=O)c3ccc(C)cc3)C2=O)cc1OC. The third-order valence-electron chi connectivity index (χ3n) is 5.52. The number of benzene rings is 2. The second-order valence-electron chi connectivity index (χ2n) is 8.23. The van der Waals surface area contributed by atoms with Crippen molar-refractivity contribution in [2.75, 3.05) is 20.8 Å². The molecule has 0 atom stereocenters. The number of ether oxygens (including phenoxy) is 2. The van der Waals surface area contributed by atoms with Crippen molar-refractivity contribution in [3.8, 4) is 11.5 Å². The topological polar surface area (TPSA) is 114 Å². The molecule has 1 heterocycles. The van der Waals surface area contributed by atoms with Crippen molar-refractivity contribution in [1.29, 1.82) is 0 Å². The van der Waals surface area contributed by atoms with Crippen LogP contribution in [0.15, 0.2) is 52.3 Å². The Labute approximate surface area is 226 Å². The van der Waals surface area contributed by atoms with Gasteiger partial charge in [-0.05, 0) is 55.7 Å². The summed E-state index contributed by atoms with van der Waals surface area (Å²) < 4.78 is 35.5. The number of sulfonamides is 1. The first kappa shape index (κ1) is 28.6. The van der Waals surface area contributed by atoms with Gasteiger partial charge in [0.1, 0.15) is 4.32 Å². The van der Waals surface area contributed by atoms with Crippen molar-refractivity contribution in [2.24, 2.45) is 0 Å². The molecule has 0 unspecified atom stereocenters. The number of carbonyl (C=O) groups excluding carboxylic acids is 2. The summed E-state index contributed by atoms with van der Waals surface area (Å²) in [5.41, 5.74) is 3.96. The van der Waals surface area contributed by atoms with Crippen molar-refractivity contribution in [2.45, 2.75) is 37.5 Å². The highest BCUT2D eigenvalue weighted by Crippen LogP contribution is 2.34.